The summed E-state index contributed by atoms with van der Waals surface area (Å²) >= 11 is 12.7. The smallest absolute Gasteiger partial charge is 0.417 e. The van der Waals surface area contributed by atoms with Crippen molar-refractivity contribution < 1.29 is 19.1 Å². The number of carbonyl (C=O) groups is 2. The molecule has 33 heavy (non-hydrogen) atoms. The monoisotopic (exact) mass is 487 g/mol. The maximum atomic E-state index is 13.2. The van der Waals surface area contributed by atoms with E-state index in [1.807, 2.05) is 48.6 Å². The minimum absolute atomic E-state index is 0.0824. The minimum atomic E-state index is -0.685. The number of ether oxygens (including phenoxy) is 2. The molecule has 1 aliphatic heterocycles. The second kappa shape index (κ2) is 9.03. The van der Waals surface area contributed by atoms with E-state index in [1.165, 1.54) is 4.90 Å². The Balaban J connectivity index is 1.75. The highest BCUT2D eigenvalue weighted by Crippen LogP contribution is 2.51. The van der Waals surface area contributed by atoms with Crippen molar-refractivity contribution in [3.8, 4) is 5.75 Å². The lowest BCUT2D eigenvalue weighted by Crippen LogP contribution is -2.38. The van der Waals surface area contributed by atoms with Crippen molar-refractivity contribution in [3.63, 3.8) is 0 Å². The van der Waals surface area contributed by atoms with E-state index < -0.39 is 17.6 Å². The van der Waals surface area contributed by atoms with Gasteiger partial charge >= 0.3 is 6.09 Å². The summed E-state index contributed by atoms with van der Waals surface area (Å²) in [7, 11) is 1.62. The van der Waals surface area contributed by atoms with Gasteiger partial charge in [0.05, 0.1) is 13.0 Å². The van der Waals surface area contributed by atoms with E-state index in [0.717, 1.165) is 16.9 Å². The van der Waals surface area contributed by atoms with Crippen LogP contribution in [0.25, 0.3) is 0 Å². The van der Waals surface area contributed by atoms with Crippen LogP contribution in [0.4, 0.5) is 4.79 Å². The second-order valence-corrected chi connectivity index (χ2v) is 10.3. The Kier molecular flexibility index (Phi) is 6.47. The number of nitrogens with zero attached hydrogens (tertiary/aromatic N) is 1. The Morgan fingerprint density at radius 3 is 2.30 bits per heavy atom. The van der Waals surface area contributed by atoms with E-state index in [4.69, 9.17) is 32.7 Å². The molecule has 2 aliphatic rings. The van der Waals surface area contributed by atoms with Gasteiger partial charge in [0, 0.05) is 22.5 Å². The standard InChI is InChI=1S/C26H27Cl2NO4/c1-26(2,3)33-25(31)29-14-21-20(24(29)30)12-11-19(18-10-7-16(27)13-22(18)28)23(21)15-5-8-17(32-4)9-6-15/h5-13,19-21,23H,14H2,1-4H3/t19-,20+,21+,23-/m0/s1. The van der Waals surface area contributed by atoms with Crippen LogP contribution in [0.1, 0.15) is 43.7 Å². The van der Waals surface area contributed by atoms with Crippen LogP contribution < -0.4 is 4.74 Å². The van der Waals surface area contributed by atoms with E-state index in [0.29, 0.717) is 10.0 Å². The summed E-state index contributed by atoms with van der Waals surface area (Å²) in [5.74, 6) is -0.186. The topological polar surface area (TPSA) is 55.8 Å². The predicted molar refractivity (Wildman–Crippen MR) is 129 cm³/mol. The fourth-order valence-electron chi connectivity index (χ4n) is 4.80. The first-order valence-electron chi connectivity index (χ1n) is 10.9. The Morgan fingerprint density at radius 2 is 1.70 bits per heavy atom. The summed E-state index contributed by atoms with van der Waals surface area (Å²) < 4.78 is 10.8. The van der Waals surface area contributed by atoms with Crippen molar-refractivity contribution in [2.45, 2.75) is 38.2 Å². The lowest BCUT2D eigenvalue weighted by Gasteiger charge is -2.36. The van der Waals surface area contributed by atoms with Crippen molar-refractivity contribution in [1.82, 2.24) is 4.90 Å². The molecule has 2 aromatic carbocycles. The maximum absolute atomic E-state index is 13.2. The van der Waals surface area contributed by atoms with Crippen LogP contribution in [0.15, 0.2) is 54.6 Å². The average Bonchev–Trinajstić information content (AvgIpc) is 3.09. The van der Waals surface area contributed by atoms with Gasteiger partial charge in [-0.25, -0.2) is 9.69 Å². The Labute approximate surface area is 204 Å². The van der Waals surface area contributed by atoms with Gasteiger partial charge in [0.15, 0.2) is 0 Å². The third-order valence-corrected chi connectivity index (χ3v) is 6.78. The van der Waals surface area contributed by atoms with Gasteiger partial charge in [-0.05, 0) is 68.0 Å². The van der Waals surface area contributed by atoms with Crippen LogP contribution in [0.3, 0.4) is 0 Å². The van der Waals surface area contributed by atoms with Crippen molar-refractivity contribution >= 4 is 35.2 Å². The number of likely N-dealkylation sites (tertiary alicyclic amines) is 1. The molecule has 5 nitrogen and oxygen atoms in total. The molecular weight excluding hydrogens is 461 g/mol. The number of hydrogen-bond acceptors (Lipinski definition) is 4. The van der Waals surface area contributed by atoms with E-state index >= 15 is 0 Å². The third-order valence-electron chi connectivity index (χ3n) is 6.22. The van der Waals surface area contributed by atoms with Gasteiger partial charge in [-0.1, -0.05) is 53.6 Å². The van der Waals surface area contributed by atoms with Gasteiger partial charge < -0.3 is 9.47 Å². The first-order chi connectivity index (χ1) is 15.6. The average molecular weight is 488 g/mol. The van der Waals surface area contributed by atoms with Crippen LogP contribution in [0, 0.1) is 11.8 Å². The number of imide groups is 1. The highest BCUT2D eigenvalue weighted by molar-refractivity contribution is 6.35. The highest BCUT2D eigenvalue weighted by Gasteiger charge is 2.50. The van der Waals surface area contributed by atoms with Crippen LogP contribution >= 0.6 is 23.2 Å². The van der Waals surface area contributed by atoms with E-state index in [9.17, 15) is 9.59 Å². The molecule has 1 saturated heterocycles. The zero-order valence-corrected chi connectivity index (χ0v) is 20.6. The van der Waals surface area contributed by atoms with E-state index in [2.05, 4.69) is 0 Å². The maximum Gasteiger partial charge on any atom is 0.417 e. The second-order valence-electron chi connectivity index (χ2n) is 9.49. The molecule has 0 unspecified atom stereocenters. The predicted octanol–water partition coefficient (Wildman–Crippen LogP) is 6.45. The first-order valence-corrected chi connectivity index (χ1v) is 11.7. The van der Waals surface area contributed by atoms with Gasteiger partial charge in [0.1, 0.15) is 11.4 Å². The van der Waals surface area contributed by atoms with Crippen molar-refractivity contribution in [1.29, 1.82) is 0 Å². The first kappa shape index (κ1) is 23.7. The van der Waals surface area contributed by atoms with Gasteiger partial charge in [-0.3, -0.25) is 4.79 Å². The van der Waals surface area contributed by atoms with Crippen LogP contribution in [0.5, 0.6) is 5.75 Å². The number of carbonyl (C=O) groups excluding carboxylic acids is 2. The summed E-state index contributed by atoms with van der Waals surface area (Å²) in [6.07, 6.45) is 3.33. The number of methoxy groups -OCH3 is 1. The number of allylic oxidation sites excluding steroid dienone is 1. The molecule has 0 radical (unpaired) electrons. The summed E-state index contributed by atoms with van der Waals surface area (Å²) in [6.45, 7) is 5.65. The van der Waals surface area contributed by atoms with Crippen LogP contribution in [-0.4, -0.2) is 36.2 Å². The summed E-state index contributed by atoms with van der Waals surface area (Å²) in [4.78, 5) is 27.2. The summed E-state index contributed by atoms with van der Waals surface area (Å²) in [6, 6.07) is 13.3. The van der Waals surface area contributed by atoms with Gasteiger partial charge in [-0.2, -0.15) is 0 Å². The van der Waals surface area contributed by atoms with Crippen molar-refractivity contribution in [2.75, 3.05) is 13.7 Å². The zero-order valence-electron chi connectivity index (χ0n) is 19.0. The van der Waals surface area contributed by atoms with Crippen LogP contribution in [0.2, 0.25) is 10.0 Å². The number of amides is 2. The van der Waals surface area contributed by atoms with Gasteiger partial charge in [0.25, 0.3) is 0 Å². The molecule has 2 aromatic rings. The Morgan fingerprint density at radius 1 is 1.03 bits per heavy atom. The minimum Gasteiger partial charge on any atom is -0.497 e. The molecule has 0 saturated carbocycles. The SMILES string of the molecule is COc1ccc([C@@H]2[C@@H]3CN(C(=O)OC(C)(C)C)C(=O)[C@@H]3C=C[C@H]2c2ccc(Cl)cc2Cl)cc1. The molecule has 0 aromatic heterocycles. The van der Waals surface area contributed by atoms with Crippen molar-refractivity contribution in [2.24, 2.45) is 11.8 Å². The number of rotatable bonds is 3. The largest absolute Gasteiger partial charge is 0.497 e. The molecule has 7 heteroatoms. The lowest BCUT2D eigenvalue weighted by molar-refractivity contribution is -0.129. The molecular formula is C26H27Cl2NO4. The fraction of sp³-hybridized carbons (Fsp3) is 0.385. The molecule has 2 amide bonds. The number of benzene rings is 2. The number of fused-ring (bicyclic) bond motifs is 1. The molecule has 1 heterocycles. The quantitative estimate of drug-likeness (QED) is 0.466. The van der Waals surface area contributed by atoms with E-state index in [-0.39, 0.29) is 30.2 Å². The fourth-order valence-corrected chi connectivity index (χ4v) is 5.33. The number of hydrogen-bond donors (Lipinski definition) is 0. The van der Waals surface area contributed by atoms with E-state index in [1.54, 1.807) is 33.9 Å². The van der Waals surface area contributed by atoms with Gasteiger partial charge in [-0.15, -0.1) is 0 Å². The van der Waals surface area contributed by atoms with Gasteiger partial charge in [0.2, 0.25) is 5.91 Å². The molecule has 1 aliphatic carbocycles. The van der Waals surface area contributed by atoms with Crippen molar-refractivity contribution in [3.05, 3.63) is 75.8 Å². The summed E-state index contributed by atoms with van der Waals surface area (Å²) in [5.41, 5.74) is 1.29. The molecule has 174 valence electrons. The molecule has 4 atom stereocenters. The Bertz CT molecular complexity index is 1090. The molecule has 1 fully saturated rings. The molecule has 0 spiro atoms. The highest BCUT2D eigenvalue weighted by atomic mass is 35.5. The number of halogens is 2. The molecule has 0 bridgehead atoms. The molecule has 4 rings (SSSR count). The Hall–Kier alpha value is -2.50. The summed E-state index contributed by atoms with van der Waals surface area (Å²) in [5, 5.41) is 1.14. The zero-order chi connectivity index (χ0) is 23.9. The third kappa shape index (κ3) is 4.75. The molecule has 0 N–H and O–H groups in total. The normalized spacial score (nSPS) is 24.5. The van der Waals surface area contributed by atoms with Crippen LogP contribution in [-0.2, 0) is 9.53 Å². The lowest BCUT2D eigenvalue weighted by atomic mass is 9.67.